The van der Waals surface area contributed by atoms with Gasteiger partial charge in [-0.15, -0.1) is 6.58 Å². The molecule has 96 valence electrons. The molecule has 1 aromatic heterocycles. The lowest BCUT2D eigenvalue weighted by Gasteiger charge is -2.19. The standard InChI is InChI=1S/C10H16N2O4S/c1-4-5-12(6-7-13)17(14,15)10-8(2)11-16-9(10)3/h4,13H,1,5-7H2,2-3H3. The van der Waals surface area contributed by atoms with Gasteiger partial charge in [-0.3, -0.25) is 0 Å². The molecule has 0 fully saturated rings. The summed E-state index contributed by atoms with van der Waals surface area (Å²) in [6.07, 6.45) is 1.46. The molecule has 0 spiro atoms. The maximum atomic E-state index is 12.3. The summed E-state index contributed by atoms with van der Waals surface area (Å²) in [5, 5.41) is 12.5. The second-order valence-electron chi connectivity index (χ2n) is 3.53. The number of hydrogen-bond donors (Lipinski definition) is 1. The van der Waals surface area contributed by atoms with E-state index in [0.29, 0.717) is 5.69 Å². The molecule has 0 saturated heterocycles. The van der Waals surface area contributed by atoms with E-state index in [1.165, 1.54) is 13.0 Å². The van der Waals surface area contributed by atoms with Crippen LogP contribution in [0, 0.1) is 13.8 Å². The summed E-state index contributed by atoms with van der Waals surface area (Å²) < 4.78 is 30.5. The Bertz CT molecular complexity index is 473. The molecule has 0 bridgehead atoms. The highest BCUT2D eigenvalue weighted by Gasteiger charge is 2.29. The van der Waals surface area contributed by atoms with Gasteiger partial charge in [-0.25, -0.2) is 8.42 Å². The normalized spacial score (nSPS) is 12.0. The molecular formula is C10H16N2O4S. The number of aliphatic hydroxyl groups is 1. The van der Waals surface area contributed by atoms with E-state index in [-0.39, 0.29) is 30.4 Å². The van der Waals surface area contributed by atoms with Crippen molar-refractivity contribution in [1.29, 1.82) is 0 Å². The second kappa shape index (κ2) is 5.44. The molecule has 17 heavy (non-hydrogen) atoms. The van der Waals surface area contributed by atoms with E-state index in [2.05, 4.69) is 11.7 Å². The van der Waals surface area contributed by atoms with Crippen LogP contribution in [0.3, 0.4) is 0 Å². The quantitative estimate of drug-likeness (QED) is 0.751. The molecule has 0 aliphatic rings. The molecule has 7 heteroatoms. The van der Waals surface area contributed by atoms with Crippen LogP contribution in [-0.2, 0) is 10.0 Å². The summed E-state index contributed by atoms with van der Waals surface area (Å²) >= 11 is 0. The summed E-state index contributed by atoms with van der Waals surface area (Å²) in [6, 6.07) is 0. The fourth-order valence-electron chi connectivity index (χ4n) is 1.54. The molecule has 6 nitrogen and oxygen atoms in total. The van der Waals surface area contributed by atoms with Gasteiger partial charge in [0.05, 0.1) is 6.61 Å². The molecule has 1 N–H and O–H groups in total. The van der Waals surface area contributed by atoms with Crippen molar-refractivity contribution in [1.82, 2.24) is 9.46 Å². The van der Waals surface area contributed by atoms with Gasteiger partial charge in [0, 0.05) is 13.1 Å². The summed E-state index contributed by atoms with van der Waals surface area (Å²) in [5.74, 6) is 0.245. The van der Waals surface area contributed by atoms with Crippen molar-refractivity contribution in [2.75, 3.05) is 19.7 Å². The number of aryl methyl sites for hydroxylation is 2. The van der Waals surface area contributed by atoms with Crippen molar-refractivity contribution >= 4 is 10.0 Å². The molecule has 0 atom stereocenters. The minimum absolute atomic E-state index is 0.0123. The van der Waals surface area contributed by atoms with E-state index in [0.717, 1.165) is 4.31 Å². The largest absolute Gasteiger partial charge is 0.395 e. The third-order valence-corrected chi connectivity index (χ3v) is 4.36. The Morgan fingerprint density at radius 1 is 1.53 bits per heavy atom. The van der Waals surface area contributed by atoms with Crippen molar-refractivity contribution in [2.45, 2.75) is 18.7 Å². The number of hydrogen-bond acceptors (Lipinski definition) is 5. The lowest BCUT2D eigenvalue weighted by atomic mass is 10.4. The number of aliphatic hydroxyl groups excluding tert-OH is 1. The number of aromatic nitrogens is 1. The minimum atomic E-state index is -3.70. The highest BCUT2D eigenvalue weighted by molar-refractivity contribution is 7.89. The second-order valence-corrected chi connectivity index (χ2v) is 5.40. The Kier molecular flexibility index (Phi) is 4.44. The van der Waals surface area contributed by atoms with Crippen LogP contribution in [0.5, 0.6) is 0 Å². The summed E-state index contributed by atoms with van der Waals surface area (Å²) in [7, 11) is -3.70. The molecule has 1 heterocycles. The maximum Gasteiger partial charge on any atom is 0.248 e. The van der Waals surface area contributed by atoms with Crippen molar-refractivity contribution in [3.8, 4) is 0 Å². The number of nitrogens with zero attached hydrogens (tertiary/aromatic N) is 2. The molecule has 1 aromatic rings. The van der Waals surface area contributed by atoms with E-state index in [1.807, 2.05) is 0 Å². The first-order chi connectivity index (χ1) is 7.95. The van der Waals surface area contributed by atoms with Gasteiger partial charge in [0.1, 0.15) is 10.6 Å². The zero-order valence-corrected chi connectivity index (χ0v) is 10.7. The molecule has 0 saturated carbocycles. The van der Waals surface area contributed by atoms with Gasteiger partial charge in [-0.1, -0.05) is 11.2 Å². The minimum Gasteiger partial charge on any atom is -0.395 e. The van der Waals surface area contributed by atoms with E-state index < -0.39 is 10.0 Å². The Morgan fingerprint density at radius 2 is 2.18 bits per heavy atom. The van der Waals surface area contributed by atoms with Gasteiger partial charge in [0.2, 0.25) is 10.0 Å². The summed E-state index contributed by atoms with van der Waals surface area (Å²) in [6.45, 7) is 6.49. The fraction of sp³-hybridized carbons (Fsp3) is 0.500. The smallest absolute Gasteiger partial charge is 0.248 e. The van der Waals surface area contributed by atoms with E-state index in [1.54, 1.807) is 6.92 Å². The van der Waals surface area contributed by atoms with Crippen LogP contribution in [0.15, 0.2) is 22.1 Å². The lowest BCUT2D eigenvalue weighted by molar-refractivity contribution is 0.260. The van der Waals surface area contributed by atoms with Crippen molar-refractivity contribution < 1.29 is 18.0 Å². The third kappa shape index (κ3) is 2.74. The monoisotopic (exact) mass is 260 g/mol. The highest BCUT2D eigenvalue weighted by atomic mass is 32.2. The first-order valence-corrected chi connectivity index (χ1v) is 6.54. The van der Waals surface area contributed by atoms with Crippen LogP contribution in [0.25, 0.3) is 0 Å². The van der Waals surface area contributed by atoms with Crippen LogP contribution >= 0.6 is 0 Å². The van der Waals surface area contributed by atoms with E-state index in [4.69, 9.17) is 9.63 Å². The third-order valence-electron chi connectivity index (χ3n) is 2.25. The van der Waals surface area contributed by atoms with Gasteiger partial charge >= 0.3 is 0 Å². The summed E-state index contributed by atoms with van der Waals surface area (Å²) in [5.41, 5.74) is 0.314. The number of rotatable bonds is 6. The average Bonchev–Trinajstić information content (AvgIpc) is 2.58. The SMILES string of the molecule is C=CCN(CCO)S(=O)(=O)c1c(C)noc1C. The Labute approximate surface area is 101 Å². The zero-order chi connectivity index (χ0) is 13.1. The first kappa shape index (κ1) is 13.9. The Balaban J connectivity index is 3.20. The molecule has 0 unspecified atom stereocenters. The highest BCUT2D eigenvalue weighted by Crippen LogP contribution is 2.22. The lowest BCUT2D eigenvalue weighted by Crippen LogP contribution is -2.34. The zero-order valence-electron chi connectivity index (χ0n) is 9.88. The average molecular weight is 260 g/mol. The molecule has 0 aliphatic heterocycles. The van der Waals surface area contributed by atoms with Gasteiger partial charge in [0.15, 0.2) is 5.76 Å². The molecular weight excluding hydrogens is 244 g/mol. The molecule has 0 amide bonds. The topological polar surface area (TPSA) is 83.6 Å². The molecule has 0 radical (unpaired) electrons. The summed E-state index contributed by atoms with van der Waals surface area (Å²) in [4.78, 5) is 0.0628. The molecule has 0 aromatic carbocycles. The van der Waals surface area contributed by atoms with Crippen LogP contribution in [0.2, 0.25) is 0 Å². The molecule has 0 aliphatic carbocycles. The van der Waals surface area contributed by atoms with E-state index in [9.17, 15) is 8.42 Å². The van der Waals surface area contributed by atoms with Gasteiger partial charge in [-0.2, -0.15) is 4.31 Å². The van der Waals surface area contributed by atoms with Crippen LogP contribution in [0.1, 0.15) is 11.5 Å². The van der Waals surface area contributed by atoms with Crippen molar-refractivity contribution in [3.05, 3.63) is 24.1 Å². The van der Waals surface area contributed by atoms with Crippen molar-refractivity contribution in [2.24, 2.45) is 0 Å². The predicted molar refractivity (Wildman–Crippen MR) is 62.0 cm³/mol. The maximum absolute atomic E-state index is 12.3. The van der Waals surface area contributed by atoms with Crippen LogP contribution in [0.4, 0.5) is 0 Å². The van der Waals surface area contributed by atoms with E-state index >= 15 is 0 Å². The number of sulfonamides is 1. The van der Waals surface area contributed by atoms with Crippen LogP contribution in [-0.4, -0.2) is 42.7 Å². The first-order valence-electron chi connectivity index (χ1n) is 5.10. The van der Waals surface area contributed by atoms with Gasteiger partial charge in [0.25, 0.3) is 0 Å². The molecule has 1 rings (SSSR count). The predicted octanol–water partition coefficient (Wildman–Crippen LogP) is 0.460. The fourth-order valence-corrected chi connectivity index (χ4v) is 3.23. The Morgan fingerprint density at radius 3 is 2.59 bits per heavy atom. The van der Waals surface area contributed by atoms with Crippen LogP contribution < -0.4 is 0 Å². The Hall–Kier alpha value is -1.18. The van der Waals surface area contributed by atoms with Gasteiger partial charge < -0.3 is 9.63 Å². The van der Waals surface area contributed by atoms with Gasteiger partial charge in [-0.05, 0) is 13.8 Å². The van der Waals surface area contributed by atoms with Crippen molar-refractivity contribution in [3.63, 3.8) is 0 Å².